The summed E-state index contributed by atoms with van der Waals surface area (Å²) in [5.74, 6) is -0.250. The number of unbranched alkanes of at least 4 members (excludes halogenated alkanes) is 3. The van der Waals surface area contributed by atoms with Crippen molar-refractivity contribution in [1.82, 2.24) is 10.0 Å². The molecule has 2 heterocycles. The summed E-state index contributed by atoms with van der Waals surface area (Å²) in [6, 6.07) is 0.00996. The average molecular weight is 266 g/mol. The predicted molar refractivity (Wildman–Crippen MR) is 70.8 cm³/mol. The molecule has 106 valence electrons. The van der Waals surface area contributed by atoms with Crippen LogP contribution < -0.4 is 0 Å². The molecular formula is C14H22N2O3. The number of carbonyl (C=O) groups is 2. The van der Waals surface area contributed by atoms with Crippen molar-refractivity contribution in [1.29, 1.82) is 0 Å². The van der Waals surface area contributed by atoms with Gasteiger partial charge in [-0.25, -0.2) is 14.8 Å². The number of hydrogen-bond donors (Lipinski definition) is 0. The highest BCUT2D eigenvalue weighted by Gasteiger charge is 2.42. The molecule has 2 rings (SSSR count). The van der Waals surface area contributed by atoms with E-state index in [1.54, 1.807) is 11.2 Å². The third-order valence-electron chi connectivity index (χ3n) is 3.82. The van der Waals surface area contributed by atoms with E-state index in [-0.39, 0.29) is 17.9 Å². The SMILES string of the molecule is CCCCCC[C@@H]1C(C(=O)OC)=CN2C(=O)CCN12. The van der Waals surface area contributed by atoms with Gasteiger partial charge < -0.3 is 4.74 Å². The molecule has 0 N–H and O–H groups in total. The highest BCUT2D eigenvalue weighted by Crippen LogP contribution is 2.31. The second-order valence-electron chi connectivity index (χ2n) is 5.09. The van der Waals surface area contributed by atoms with E-state index < -0.39 is 0 Å². The molecule has 1 amide bonds. The minimum Gasteiger partial charge on any atom is -0.466 e. The largest absolute Gasteiger partial charge is 0.466 e. The van der Waals surface area contributed by atoms with E-state index in [9.17, 15) is 9.59 Å². The van der Waals surface area contributed by atoms with Gasteiger partial charge >= 0.3 is 5.97 Å². The Morgan fingerprint density at radius 2 is 2.21 bits per heavy atom. The fraction of sp³-hybridized carbons (Fsp3) is 0.714. The molecule has 0 aromatic heterocycles. The standard InChI is InChI=1S/C14H22N2O3/c1-3-4-5-6-7-12-11(14(18)19-2)10-16-13(17)8-9-15(12)16/h10,12H,3-9H2,1-2H3/t12-/m1/s1. The lowest BCUT2D eigenvalue weighted by Gasteiger charge is -2.25. The van der Waals surface area contributed by atoms with E-state index in [0.29, 0.717) is 18.5 Å². The highest BCUT2D eigenvalue weighted by atomic mass is 16.5. The van der Waals surface area contributed by atoms with Gasteiger partial charge in [0.25, 0.3) is 0 Å². The molecule has 19 heavy (non-hydrogen) atoms. The first-order valence-corrected chi connectivity index (χ1v) is 7.07. The highest BCUT2D eigenvalue weighted by molar-refractivity contribution is 5.92. The van der Waals surface area contributed by atoms with Crippen LogP contribution in [0.25, 0.3) is 0 Å². The van der Waals surface area contributed by atoms with Gasteiger partial charge in [-0.2, -0.15) is 0 Å². The summed E-state index contributed by atoms with van der Waals surface area (Å²) in [6.45, 7) is 2.88. The smallest absolute Gasteiger partial charge is 0.336 e. The first-order chi connectivity index (χ1) is 9.19. The molecule has 0 aromatic rings. The molecule has 1 atom stereocenters. The van der Waals surface area contributed by atoms with Crippen LogP contribution in [0.1, 0.15) is 45.4 Å². The van der Waals surface area contributed by atoms with Gasteiger partial charge in [0.05, 0.1) is 18.7 Å². The first-order valence-electron chi connectivity index (χ1n) is 7.07. The summed E-state index contributed by atoms with van der Waals surface area (Å²) < 4.78 is 4.82. The fourth-order valence-corrected chi connectivity index (χ4v) is 2.78. The maximum absolute atomic E-state index is 11.8. The third kappa shape index (κ3) is 2.81. The van der Waals surface area contributed by atoms with Crippen molar-refractivity contribution < 1.29 is 14.3 Å². The van der Waals surface area contributed by atoms with E-state index in [4.69, 9.17) is 4.74 Å². The van der Waals surface area contributed by atoms with Crippen LogP contribution in [0.5, 0.6) is 0 Å². The summed E-state index contributed by atoms with van der Waals surface area (Å²) in [4.78, 5) is 23.5. The lowest BCUT2D eigenvalue weighted by atomic mass is 10.0. The lowest BCUT2D eigenvalue weighted by molar-refractivity contribution is -0.137. The minimum absolute atomic E-state index is 0.00996. The minimum atomic E-state index is -0.317. The Morgan fingerprint density at radius 3 is 2.89 bits per heavy atom. The van der Waals surface area contributed by atoms with Crippen LogP contribution in [0.4, 0.5) is 0 Å². The van der Waals surface area contributed by atoms with E-state index >= 15 is 0 Å². The van der Waals surface area contributed by atoms with Crippen LogP contribution in [0.15, 0.2) is 11.8 Å². The second kappa shape index (κ2) is 6.19. The van der Waals surface area contributed by atoms with Crippen LogP contribution in [-0.2, 0) is 14.3 Å². The number of fused-ring (bicyclic) bond motifs is 1. The molecule has 0 aliphatic carbocycles. The maximum atomic E-state index is 11.8. The van der Waals surface area contributed by atoms with E-state index in [1.165, 1.54) is 26.4 Å². The third-order valence-corrected chi connectivity index (χ3v) is 3.82. The molecular weight excluding hydrogens is 244 g/mol. The average Bonchev–Trinajstić information content (AvgIpc) is 2.95. The van der Waals surface area contributed by atoms with Crippen LogP contribution in [0.3, 0.4) is 0 Å². The van der Waals surface area contributed by atoms with Gasteiger partial charge in [0.1, 0.15) is 0 Å². The summed E-state index contributed by atoms with van der Waals surface area (Å²) in [5, 5.41) is 3.59. The number of methoxy groups -OCH3 is 1. The number of hydrazine groups is 1. The number of ether oxygens (including phenoxy) is 1. The predicted octanol–water partition coefficient (Wildman–Crippen LogP) is 1.85. The first kappa shape index (κ1) is 14.1. The molecule has 5 heteroatoms. The Kier molecular flexibility index (Phi) is 4.58. The van der Waals surface area contributed by atoms with Crippen molar-refractivity contribution in [2.45, 2.75) is 51.5 Å². The zero-order valence-electron chi connectivity index (χ0n) is 11.7. The van der Waals surface area contributed by atoms with Gasteiger partial charge in [-0.1, -0.05) is 32.6 Å². The Labute approximate surface area is 114 Å². The van der Waals surface area contributed by atoms with Gasteiger partial charge in [0.2, 0.25) is 5.91 Å². The summed E-state index contributed by atoms with van der Waals surface area (Å²) in [5.41, 5.74) is 0.618. The Balaban J connectivity index is 2.03. The van der Waals surface area contributed by atoms with E-state index in [0.717, 1.165) is 12.8 Å². The lowest BCUT2D eigenvalue weighted by Crippen LogP contribution is -2.38. The quantitative estimate of drug-likeness (QED) is 0.544. The van der Waals surface area contributed by atoms with Crippen LogP contribution >= 0.6 is 0 Å². The van der Waals surface area contributed by atoms with Gasteiger partial charge in [-0.15, -0.1) is 0 Å². The van der Waals surface area contributed by atoms with Crippen molar-refractivity contribution in [3.8, 4) is 0 Å². The fourth-order valence-electron chi connectivity index (χ4n) is 2.78. The molecule has 0 aromatic carbocycles. The van der Waals surface area contributed by atoms with Crippen molar-refractivity contribution in [2.24, 2.45) is 0 Å². The number of rotatable bonds is 6. The van der Waals surface area contributed by atoms with Gasteiger partial charge in [-0.3, -0.25) is 4.79 Å². The van der Waals surface area contributed by atoms with Crippen LogP contribution in [-0.4, -0.2) is 41.6 Å². The number of amides is 1. The maximum Gasteiger partial charge on any atom is 0.336 e. The Morgan fingerprint density at radius 1 is 1.42 bits per heavy atom. The summed E-state index contributed by atoms with van der Waals surface area (Å²) >= 11 is 0. The van der Waals surface area contributed by atoms with Crippen molar-refractivity contribution in [3.05, 3.63) is 11.8 Å². The molecule has 0 spiro atoms. The molecule has 1 fully saturated rings. The molecule has 2 aliphatic rings. The van der Waals surface area contributed by atoms with Gasteiger partial charge in [-0.05, 0) is 6.42 Å². The molecule has 2 aliphatic heterocycles. The van der Waals surface area contributed by atoms with Gasteiger partial charge in [0, 0.05) is 19.2 Å². The molecule has 1 saturated heterocycles. The Bertz CT molecular complexity index is 392. The topological polar surface area (TPSA) is 49.9 Å². The van der Waals surface area contributed by atoms with Crippen molar-refractivity contribution >= 4 is 11.9 Å². The number of nitrogens with zero attached hydrogens (tertiary/aromatic N) is 2. The molecule has 0 bridgehead atoms. The normalized spacial score (nSPS) is 22.6. The van der Waals surface area contributed by atoms with Crippen molar-refractivity contribution in [3.63, 3.8) is 0 Å². The zero-order valence-corrected chi connectivity index (χ0v) is 11.7. The molecule has 5 nitrogen and oxygen atoms in total. The zero-order chi connectivity index (χ0) is 13.8. The molecule has 0 radical (unpaired) electrons. The molecule has 0 unspecified atom stereocenters. The van der Waals surface area contributed by atoms with Gasteiger partial charge in [0.15, 0.2) is 0 Å². The second-order valence-corrected chi connectivity index (χ2v) is 5.09. The summed E-state index contributed by atoms with van der Waals surface area (Å²) in [7, 11) is 1.39. The molecule has 0 saturated carbocycles. The number of esters is 1. The van der Waals surface area contributed by atoms with Crippen LogP contribution in [0, 0.1) is 0 Å². The van der Waals surface area contributed by atoms with Crippen molar-refractivity contribution in [2.75, 3.05) is 13.7 Å². The Hall–Kier alpha value is -1.36. The van der Waals surface area contributed by atoms with E-state index in [1.807, 2.05) is 5.01 Å². The number of hydrogen-bond acceptors (Lipinski definition) is 4. The summed E-state index contributed by atoms with van der Waals surface area (Å²) in [6.07, 6.45) is 7.76. The van der Waals surface area contributed by atoms with Crippen LogP contribution in [0.2, 0.25) is 0 Å². The van der Waals surface area contributed by atoms with E-state index in [2.05, 4.69) is 6.92 Å². The monoisotopic (exact) mass is 266 g/mol. The number of carbonyl (C=O) groups excluding carboxylic acids is 2.